The highest BCUT2D eigenvalue weighted by atomic mass is 16.3. The summed E-state index contributed by atoms with van der Waals surface area (Å²) >= 11 is 0. The average molecular weight is 260 g/mol. The van der Waals surface area contributed by atoms with E-state index in [1.807, 2.05) is 30.3 Å². The summed E-state index contributed by atoms with van der Waals surface area (Å²) in [4.78, 5) is 14.5. The van der Waals surface area contributed by atoms with Crippen LogP contribution in [0.1, 0.15) is 17.7 Å². The molecule has 0 atom stereocenters. The molecular formula is C13H16N4O2. The van der Waals surface area contributed by atoms with Crippen molar-refractivity contribution in [3.8, 4) is 0 Å². The SMILES string of the molecule is O=c1[nH]c(NCCCO)nnc1Cc1ccccc1. The van der Waals surface area contributed by atoms with Crippen LogP contribution in [-0.2, 0) is 6.42 Å². The summed E-state index contributed by atoms with van der Waals surface area (Å²) in [5.41, 5.74) is 1.16. The number of aliphatic hydroxyl groups excluding tert-OH is 1. The Bertz CT molecular complexity index is 568. The first-order valence-electron chi connectivity index (χ1n) is 6.14. The van der Waals surface area contributed by atoms with Gasteiger partial charge in [0.1, 0.15) is 5.69 Å². The van der Waals surface area contributed by atoms with Gasteiger partial charge < -0.3 is 10.4 Å². The number of nitrogens with one attached hydrogen (secondary N) is 2. The first kappa shape index (κ1) is 13.2. The van der Waals surface area contributed by atoms with Gasteiger partial charge in [0, 0.05) is 19.6 Å². The lowest BCUT2D eigenvalue weighted by atomic mass is 10.1. The molecule has 100 valence electrons. The molecule has 0 saturated carbocycles. The molecule has 3 N–H and O–H groups in total. The summed E-state index contributed by atoms with van der Waals surface area (Å²) in [5, 5.41) is 19.4. The molecule has 0 aliphatic carbocycles. The standard InChI is InChI=1S/C13H16N4O2/c18-8-4-7-14-13-15-12(19)11(16-17-13)9-10-5-2-1-3-6-10/h1-3,5-6,18H,4,7-9H2,(H2,14,15,17,19). The molecule has 2 aromatic rings. The van der Waals surface area contributed by atoms with Gasteiger partial charge in [-0.25, -0.2) is 0 Å². The van der Waals surface area contributed by atoms with Crippen molar-refractivity contribution in [3.05, 3.63) is 51.9 Å². The van der Waals surface area contributed by atoms with Crippen molar-refractivity contribution in [2.24, 2.45) is 0 Å². The van der Waals surface area contributed by atoms with Gasteiger partial charge in [0.15, 0.2) is 0 Å². The van der Waals surface area contributed by atoms with Crippen LogP contribution in [0.4, 0.5) is 5.95 Å². The second kappa shape index (κ2) is 6.65. The smallest absolute Gasteiger partial charge is 0.274 e. The monoisotopic (exact) mass is 260 g/mol. The molecule has 6 nitrogen and oxygen atoms in total. The van der Waals surface area contributed by atoms with Crippen molar-refractivity contribution in [3.63, 3.8) is 0 Å². The van der Waals surface area contributed by atoms with Crippen molar-refractivity contribution < 1.29 is 5.11 Å². The maximum Gasteiger partial charge on any atom is 0.274 e. The number of hydrogen-bond donors (Lipinski definition) is 3. The minimum Gasteiger partial charge on any atom is -0.396 e. The summed E-state index contributed by atoms with van der Waals surface area (Å²) in [6.07, 6.45) is 1.05. The van der Waals surface area contributed by atoms with Crippen molar-refractivity contribution in [1.29, 1.82) is 0 Å². The number of aliphatic hydroxyl groups is 1. The van der Waals surface area contributed by atoms with Crippen LogP contribution in [0.3, 0.4) is 0 Å². The van der Waals surface area contributed by atoms with Crippen LogP contribution in [0.25, 0.3) is 0 Å². The molecule has 1 aromatic heterocycles. The van der Waals surface area contributed by atoms with Crippen LogP contribution in [0.5, 0.6) is 0 Å². The molecule has 0 bridgehead atoms. The zero-order chi connectivity index (χ0) is 13.5. The Morgan fingerprint density at radius 2 is 2.00 bits per heavy atom. The Hall–Kier alpha value is -2.21. The Kier molecular flexibility index (Phi) is 4.63. The summed E-state index contributed by atoms with van der Waals surface area (Å²) in [6, 6.07) is 9.64. The van der Waals surface area contributed by atoms with Gasteiger partial charge in [-0.2, -0.15) is 0 Å². The van der Waals surface area contributed by atoms with Crippen LogP contribution in [0, 0.1) is 0 Å². The molecule has 0 spiro atoms. The normalized spacial score (nSPS) is 10.4. The summed E-state index contributed by atoms with van der Waals surface area (Å²) in [6.45, 7) is 0.635. The first-order chi connectivity index (χ1) is 9.29. The van der Waals surface area contributed by atoms with Gasteiger partial charge in [-0.3, -0.25) is 9.78 Å². The molecule has 6 heteroatoms. The predicted octanol–water partition coefficient (Wildman–Crippen LogP) is 0.550. The lowest BCUT2D eigenvalue weighted by molar-refractivity contribution is 0.292. The lowest BCUT2D eigenvalue weighted by Gasteiger charge is -2.04. The summed E-state index contributed by atoms with van der Waals surface area (Å²) in [7, 11) is 0. The van der Waals surface area contributed by atoms with E-state index in [0.29, 0.717) is 31.0 Å². The second-order valence-electron chi connectivity index (χ2n) is 4.12. The van der Waals surface area contributed by atoms with Gasteiger partial charge in [-0.1, -0.05) is 30.3 Å². The van der Waals surface area contributed by atoms with Gasteiger partial charge in [0.05, 0.1) is 0 Å². The van der Waals surface area contributed by atoms with E-state index >= 15 is 0 Å². The number of aromatic nitrogens is 3. The summed E-state index contributed by atoms with van der Waals surface area (Å²) in [5.74, 6) is 0.329. The molecule has 2 rings (SSSR count). The van der Waals surface area contributed by atoms with Gasteiger partial charge in [0.2, 0.25) is 5.95 Å². The molecule has 1 heterocycles. The molecule has 0 radical (unpaired) electrons. The van der Waals surface area contributed by atoms with Crippen LogP contribution < -0.4 is 10.9 Å². The highest BCUT2D eigenvalue weighted by Crippen LogP contribution is 2.03. The Balaban J connectivity index is 2.05. The van der Waals surface area contributed by atoms with Crippen molar-refractivity contribution in [2.45, 2.75) is 12.8 Å². The Labute approximate surface area is 110 Å². The molecule has 0 saturated heterocycles. The minimum atomic E-state index is -0.245. The van der Waals surface area contributed by atoms with Gasteiger partial charge in [0.25, 0.3) is 5.56 Å². The van der Waals surface area contributed by atoms with E-state index in [2.05, 4.69) is 20.5 Å². The molecule has 19 heavy (non-hydrogen) atoms. The van der Waals surface area contributed by atoms with Gasteiger partial charge in [-0.05, 0) is 12.0 Å². The van der Waals surface area contributed by atoms with E-state index in [0.717, 1.165) is 5.56 Å². The number of anilines is 1. The van der Waals surface area contributed by atoms with E-state index in [9.17, 15) is 4.79 Å². The average Bonchev–Trinajstić information content (AvgIpc) is 2.43. The van der Waals surface area contributed by atoms with Crippen LogP contribution in [-0.4, -0.2) is 33.4 Å². The number of nitrogens with zero attached hydrogens (tertiary/aromatic N) is 2. The van der Waals surface area contributed by atoms with Crippen LogP contribution in [0.15, 0.2) is 35.1 Å². The number of hydrogen-bond acceptors (Lipinski definition) is 5. The quantitative estimate of drug-likeness (QED) is 0.660. The van der Waals surface area contributed by atoms with Crippen molar-refractivity contribution in [1.82, 2.24) is 15.2 Å². The number of rotatable bonds is 6. The van der Waals surface area contributed by atoms with Crippen molar-refractivity contribution >= 4 is 5.95 Å². The number of benzene rings is 1. The molecule has 0 aliphatic rings. The zero-order valence-corrected chi connectivity index (χ0v) is 10.5. The zero-order valence-electron chi connectivity index (χ0n) is 10.5. The third-order valence-electron chi connectivity index (χ3n) is 2.61. The number of aromatic amines is 1. The maximum atomic E-state index is 11.8. The molecule has 0 unspecified atom stereocenters. The highest BCUT2D eigenvalue weighted by Gasteiger charge is 2.05. The lowest BCUT2D eigenvalue weighted by Crippen LogP contribution is -2.20. The predicted molar refractivity (Wildman–Crippen MR) is 72.1 cm³/mol. The highest BCUT2D eigenvalue weighted by molar-refractivity contribution is 5.24. The van der Waals surface area contributed by atoms with Crippen LogP contribution in [0.2, 0.25) is 0 Å². The topological polar surface area (TPSA) is 90.9 Å². The van der Waals surface area contributed by atoms with Crippen molar-refractivity contribution in [2.75, 3.05) is 18.5 Å². The molecule has 0 aliphatic heterocycles. The Morgan fingerprint density at radius 1 is 1.21 bits per heavy atom. The molecule has 0 fully saturated rings. The third-order valence-corrected chi connectivity index (χ3v) is 2.61. The van der Waals surface area contributed by atoms with E-state index in [-0.39, 0.29) is 12.2 Å². The fourth-order valence-electron chi connectivity index (χ4n) is 1.63. The molecule has 1 aromatic carbocycles. The Morgan fingerprint density at radius 3 is 2.68 bits per heavy atom. The molecule has 0 amide bonds. The number of H-pyrrole nitrogens is 1. The van der Waals surface area contributed by atoms with Gasteiger partial charge >= 0.3 is 0 Å². The largest absolute Gasteiger partial charge is 0.396 e. The van der Waals surface area contributed by atoms with E-state index in [1.54, 1.807) is 0 Å². The third kappa shape index (κ3) is 3.89. The second-order valence-corrected chi connectivity index (χ2v) is 4.12. The molecular weight excluding hydrogens is 244 g/mol. The first-order valence-corrected chi connectivity index (χ1v) is 6.14. The summed E-state index contributed by atoms with van der Waals surface area (Å²) < 4.78 is 0. The van der Waals surface area contributed by atoms with E-state index < -0.39 is 0 Å². The van der Waals surface area contributed by atoms with E-state index in [1.165, 1.54) is 0 Å². The minimum absolute atomic E-state index is 0.0940. The van der Waals surface area contributed by atoms with Gasteiger partial charge in [-0.15, -0.1) is 10.2 Å². The fraction of sp³-hybridized carbons (Fsp3) is 0.308. The maximum absolute atomic E-state index is 11.8. The van der Waals surface area contributed by atoms with Crippen LogP contribution >= 0.6 is 0 Å². The fourth-order valence-corrected chi connectivity index (χ4v) is 1.63. The van der Waals surface area contributed by atoms with E-state index in [4.69, 9.17) is 5.11 Å².